The molecule has 1 heterocycles. The zero-order valence-electron chi connectivity index (χ0n) is 9.94. The van der Waals surface area contributed by atoms with Crippen molar-refractivity contribution in [3.8, 4) is 5.75 Å². The number of rotatable bonds is 3. The molecule has 0 radical (unpaired) electrons. The van der Waals surface area contributed by atoms with Crippen LogP contribution in [-0.4, -0.2) is 21.6 Å². The van der Waals surface area contributed by atoms with Crippen LogP contribution in [0.4, 0.5) is 0 Å². The molecule has 1 aliphatic rings. The van der Waals surface area contributed by atoms with E-state index in [0.29, 0.717) is 30.9 Å². The first-order valence-corrected chi connectivity index (χ1v) is 7.53. The van der Waals surface area contributed by atoms with Crippen LogP contribution in [0.15, 0.2) is 17.0 Å². The normalized spacial score (nSPS) is 19.2. The Morgan fingerprint density at radius 2 is 2.28 bits per heavy atom. The van der Waals surface area contributed by atoms with Gasteiger partial charge in [0.15, 0.2) is 0 Å². The second kappa shape index (κ2) is 5.05. The summed E-state index contributed by atoms with van der Waals surface area (Å²) in [4.78, 5) is 0.119. The summed E-state index contributed by atoms with van der Waals surface area (Å²) in [5, 5.41) is 0.277. The third-order valence-electron chi connectivity index (χ3n) is 2.77. The van der Waals surface area contributed by atoms with E-state index in [4.69, 9.17) is 22.1 Å². The predicted octanol–water partition coefficient (Wildman–Crippen LogP) is 1.42. The molecule has 0 amide bonds. The van der Waals surface area contributed by atoms with E-state index in [1.807, 2.05) is 0 Å². The maximum absolute atomic E-state index is 11.9. The fraction of sp³-hybridized carbons (Fsp3) is 0.455. The molecule has 0 saturated heterocycles. The van der Waals surface area contributed by atoms with Gasteiger partial charge < -0.3 is 10.5 Å². The fourth-order valence-electron chi connectivity index (χ4n) is 1.89. The maximum Gasteiger partial charge on any atom is 0.240 e. The number of nitrogens with two attached hydrogens (primary N) is 1. The van der Waals surface area contributed by atoms with Crippen molar-refractivity contribution in [1.82, 2.24) is 4.72 Å². The van der Waals surface area contributed by atoms with Gasteiger partial charge >= 0.3 is 0 Å². The lowest BCUT2D eigenvalue weighted by molar-refractivity contribution is 0.269. The Morgan fingerprint density at radius 1 is 1.56 bits per heavy atom. The Hall–Kier alpha value is -0.820. The van der Waals surface area contributed by atoms with Crippen LogP contribution < -0.4 is 15.2 Å². The summed E-state index contributed by atoms with van der Waals surface area (Å²) >= 11 is 6.05. The minimum atomic E-state index is -3.54. The first kappa shape index (κ1) is 13.6. The van der Waals surface area contributed by atoms with Gasteiger partial charge in [-0.1, -0.05) is 18.5 Å². The summed E-state index contributed by atoms with van der Waals surface area (Å²) in [5.74, 6) is 0.492. The first-order chi connectivity index (χ1) is 8.45. The number of hydrogen-bond donors (Lipinski definition) is 2. The Morgan fingerprint density at radius 3 is 2.94 bits per heavy atom. The van der Waals surface area contributed by atoms with Crippen molar-refractivity contribution >= 4 is 21.6 Å². The monoisotopic (exact) mass is 290 g/mol. The summed E-state index contributed by atoms with van der Waals surface area (Å²) in [5.41, 5.74) is 6.59. The molecule has 7 heteroatoms. The largest absolute Gasteiger partial charge is 0.492 e. The van der Waals surface area contributed by atoms with Gasteiger partial charge in [0.05, 0.1) is 16.5 Å². The van der Waals surface area contributed by atoms with E-state index < -0.39 is 10.0 Å². The molecule has 18 heavy (non-hydrogen) atoms. The smallest absolute Gasteiger partial charge is 0.240 e. The highest BCUT2D eigenvalue weighted by Crippen LogP contribution is 2.38. The quantitative estimate of drug-likeness (QED) is 0.882. The van der Waals surface area contributed by atoms with Crippen LogP contribution >= 0.6 is 11.6 Å². The van der Waals surface area contributed by atoms with E-state index in [0.717, 1.165) is 0 Å². The SMILES string of the molecule is CCNS(=O)(=O)c1cc(Cl)c2c(c1)C(N)CCO2. The van der Waals surface area contributed by atoms with Crippen molar-refractivity contribution in [1.29, 1.82) is 0 Å². The van der Waals surface area contributed by atoms with Gasteiger partial charge in [-0.2, -0.15) is 0 Å². The number of halogens is 1. The molecule has 100 valence electrons. The van der Waals surface area contributed by atoms with Crippen molar-refractivity contribution in [2.75, 3.05) is 13.2 Å². The number of hydrogen-bond acceptors (Lipinski definition) is 4. The standard InChI is InChI=1S/C11H15ClN2O3S/c1-2-14-18(15,16)7-5-8-10(13)3-4-17-11(8)9(12)6-7/h5-6,10,14H,2-4,13H2,1H3. The molecule has 5 nitrogen and oxygen atoms in total. The first-order valence-electron chi connectivity index (χ1n) is 5.67. The highest BCUT2D eigenvalue weighted by atomic mass is 35.5. The van der Waals surface area contributed by atoms with Crippen LogP contribution in [0.3, 0.4) is 0 Å². The predicted molar refractivity (Wildman–Crippen MR) is 69.4 cm³/mol. The average molecular weight is 291 g/mol. The van der Waals surface area contributed by atoms with E-state index in [9.17, 15) is 8.42 Å². The van der Waals surface area contributed by atoms with Crippen molar-refractivity contribution in [2.24, 2.45) is 5.73 Å². The molecule has 2 rings (SSSR count). The van der Waals surface area contributed by atoms with E-state index in [1.54, 1.807) is 6.92 Å². The van der Waals surface area contributed by atoms with E-state index in [-0.39, 0.29) is 16.0 Å². The highest BCUT2D eigenvalue weighted by Gasteiger charge is 2.24. The summed E-state index contributed by atoms with van der Waals surface area (Å²) in [7, 11) is -3.54. The lowest BCUT2D eigenvalue weighted by Crippen LogP contribution is -2.25. The van der Waals surface area contributed by atoms with E-state index in [1.165, 1.54) is 12.1 Å². The summed E-state index contributed by atoms with van der Waals surface area (Å²) in [6.07, 6.45) is 0.647. The third kappa shape index (κ3) is 2.47. The maximum atomic E-state index is 11.9. The van der Waals surface area contributed by atoms with Crippen molar-refractivity contribution in [2.45, 2.75) is 24.3 Å². The Balaban J connectivity index is 2.53. The Labute approximate surface area is 111 Å². The van der Waals surface area contributed by atoms with E-state index in [2.05, 4.69) is 4.72 Å². The van der Waals surface area contributed by atoms with Gasteiger partial charge in [0.25, 0.3) is 0 Å². The molecule has 1 aliphatic heterocycles. The number of fused-ring (bicyclic) bond motifs is 1. The van der Waals surface area contributed by atoms with Crippen LogP contribution in [0.2, 0.25) is 5.02 Å². The summed E-state index contributed by atoms with van der Waals surface area (Å²) in [6.45, 7) is 2.53. The van der Waals surface area contributed by atoms with Crippen molar-refractivity contribution in [3.63, 3.8) is 0 Å². The van der Waals surface area contributed by atoms with Gasteiger partial charge in [-0.25, -0.2) is 13.1 Å². The molecular weight excluding hydrogens is 276 g/mol. The Kier molecular flexibility index (Phi) is 3.82. The van der Waals surface area contributed by atoms with Crippen molar-refractivity contribution < 1.29 is 13.2 Å². The summed E-state index contributed by atoms with van der Waals surface area (Å²) in [6, 6.07) is 2.67. The molecule has 0 spiro atoms. The topological polar surface area (TPSA) is 81.4 Å². The van der Waals surface area contributed by atoms with Gasteiger partial charge in [0, 0.05) is 24.6 Å². The van der Waals surface area contributed by atoms with Crippen LogP contribution in [0.25, 0.3) is 0 Å². The van der Waals surface area contributed by atoms with Crippen LogP contribution in [0.1, 0.15) is 24.9 Å². The molecular formula is C11H15ClN2O3S. The molecule has 0 bridgehead atoms. The third-order valence-corrected chi connectivity index (χ3v) is 4.57. The number of ether oxygens (including phenoxy) is 1. The van der Waals surface area contributed by atoms with E-state index >= 15 is 0 Å². The molecule has 3 N–H and O–H groups in total. The fourth-order valence-corrected chi connectivity index (χ4v) is 3.34. The highest BCUT2D eigenvalue weighted by molar-refractivity contribution is 7.89. The Bertz CT molecular complexity index is 560. The van der Waals surface area contributed by atoms with Crippen LogP contribution in [-0.2, 0) is 10.0 Å². The molecule has 1 atom stereocenters. The van der Waals surface area contributed by atoms with Crippen LogP contribution in [0.5, 0.6) is 5.75 Å². The van der Waals surface area contributed by atoms with Gasteiger partial charge in [-0.15, -0.1) is 0 Å². The summed E-state index contributed by atoms with van der Waals surface area (Å²) < 4.78 is 31.7. The minimum Gasteiger partial charge on any atom is -0.492 e. The average Bonchev–Trinajstić information content (AvgIpc) is 2.30. The lowest BCUT2D eigenvalue weighted by Gasteiger charge is -2.24. The van der Waals surface area contributed by atoms with Gasteiger partial charge in [0.1, 0.15) is 5.75 Å². The van der Waals surface area contributed by atoms with Crippen LogP contribution in [0, 0.1) is 0 Å². The molecule has 0 fully saturated rings. The molecule has 0 aromatic heterocycles. The second-order valence-electron chi connectivity index (χ2n) is 4.07. The van der Waals surface area contributed by atoms with Gasteiger partial charge in [-0.3, -0.25) is 0 Å². The number of nitrogens with one attached hydrogen (secondary N) is 1. The molecule has 0 aliphatic carbocycles. The minimum absolute atomic E-state index is 0.119. The molecule has 1 unspecified atom stereocenters. The number of benzene rings is 1. The molecule has 1 aromatic rings. The zero-order valence-corrected chi connectivity index (χ0v) is 11.5. The number of sulfonamides is 1. The van der Waals surface area contributed by atoms with Gasteiger partial charge in [-0.05, 0) is 12.1 Å². The molecule has 0 saturated carbocycles. The zero-order chi connectivity index (χ0) is 13.3. The lowest BCUT2D eigenvalue weighted by atomic mass is 10.0. The van der Waals surface area contributed by atoms with Crippen molar-refractivity contribution in [3.05, 3.63) is 22.7 Å². The second-order valence-corrected chi connectivity index (χ2v) is 6.24. The van der Waals surface area contributed by atoms with Gasteiger partial charge in [0.2, 0.25) is 10.0 Å². The molecule has 1 aromatic carbocycles.